The number of hydrogen-bond donors (Lipinski definition) is 1. The lowest BCUT2D eigenvalue weighted by atomic mass is 9.75. The second-order valence-corrected chi connectivity index (χ2v) is 7.69. The quantitative estimate of drug-likeness (QED) is 0.843. The summed E-state index contributed by atoms with van der Waals surface area (Å²) in [5.41, 5.74) is 4.48. The van der Waals surface area contributed by atoms with Crippen molar-refractivity contribution in [3.8, 4) is 0 Å². The van der Waals surface area contributed by atoms with Crippen molar-refractivity contribution < 1.29 is 0 Å². The van der Waals surface area contributed by atoms with E-state index < -0.39 is 0 Å². The standard InChI is InChI=1S/C19H23NS/c1-13-5-7-14(8-6-13)15-11-16(12-15)20-18-3-2-4-19-17(18)9-10-21-19/h5-10,15-16,18,20H,2-4,11-12H2,1H3. The van der Waals surface area contributed by atoms with Crippen molar-refractivity contribution in [3.63, 3.8) is 0 Å². The molecular weight excluding hydrogens is 274 g/mol. The number of aryl methyl sites for hydroxylation is 2. The van der Waals surface area contributed by atoms with Crippen molar-refractivity contribution in [2.75, 3.05) is 0 Å². The maximum absolute atomic E-state index is 3.92. The van der Waals surface area contributed by atoms with Crippen LogP contribution in [0.2, 0.25) is 0 Å². The SMILES string of the molecule is Cc1ccc(C2CC(NC3CCCc4sccc43)C2)cc1. The van der Waals surface area contributed by atoms with Gasteiger partial charge in [0.05, 0.1) is 0 Å². The van der Waals surface area contributed by atoms with Crippen LogP contribution in [-0.4, -0.2) is 6.04 Å². The highest BCUT2D eigenvalue weighted by Crippen LogP contribution is 2.40. The van der Waals surface area contributed by atoms with Gasteiger partial charge in [-0.25, -0.2) is 0 Å². The Labute approximate surface area is 131 Å². The predicted octanol–water partition coefficient (Wildman–Crippen LogP) is 4.97. The lowest BCUT2D eigenvalue weighted by Crippen LogP contribution is -2.42. The summed E-state index contributed by atoms with van der Waals surface area (Å²) in [5.74, 6) is 0.772. The molecule has 0 amide bonds. The van der Waals surface area contributed by atoms with Crippen LogP contribution in [0, 0.1) is 6.92 Å². The lowest BCUT2D eigenvalue weighted by Gasteiger charge is -2.39. The van der Waals surface area contributed by atoms with E-state index in [4.69, 9.17) is 0 Å². The molecule has 1 unspecified atom stereocenters. The Bertz CT molecular complexity index is 607. The van der Waals surface area contributed by atoms with Crippen molar-refractivity contribution in [3.05, 3.63) is 57.3 Å². The van der Waals surface area contributed by atoms with Crippen LogP contribution in [-0.2, 0) is 6.42 Å². The largest absolute Gasteiger partial charge is 0.307 e. The summed E-state index contributed by atoms with van der Waals surface area (Å²) >= 11 is 1.94. The lowest BCUT2D eigenvalue weighted by molar-refractivity contribution is 0.255. The molecule has 0 bridgehead atoms. The van der Waals surface area contributed by atoms with Gasteiger partial charge >= 0.3 is 0 Å². The summed E-state index contributed by atoms with van der Waals surface area (Å²) in [4.78, 5) is 1.62. The van der Waals surface area contributed by atoms with Crippen molar-refractivity contribution >= 4 is 11.3 Å². The fourth-order valence-corrected chi connectivity index (χ4v) is 4.80. The van der Waals surface area contributed by atoms with Crippen molar-refractivity contribution in [1.82, 2.24) is 5.32 Å². The average Bonchev–Trinajstić information content (AvgIpc) is 2.93. The van der Waals surface area contributed by atoms with Gasteiger partial charge in [0.1, 0.15) is 0 Å². The maximum Gasteiger partial charge on any atom is 0.0333 e. The van der Waals surface area contributed by atoms with Gasteiger partial charge in [-0.1, -0.05) is 29.8 Å². The van der Waals surface area contributed by atoms with Gasteiger partial charge in [-0.15, -0.1) is 11.3 Å². The molecule has 0 radical (unpaired) electrons. The zero-order valence-corrected chi connectivity index (χ0v) is 13.5. The van der Waals surface area contributed by atoms with Crippen LogP contribution >= 0.6 is 11.3 Å². The van der Waals surface area contributed by atoms with E-state index in [2.05, 4.69) is 48.0 Å². The van der Waals surface area contributed by atoms with Gasteiger partial charge in [0.15, 0.2) is 0 Å². The summed E-state index contributed by atoms with van der Waals surface area (Å²) in [7, 11) is 0. The molecule has 2 heteroatoms. The van der Waals surface area contributed by atoms with Gasteiger partial charge in [0.2, 0.25) is 0 Å². The van der Waals surface area contributed by atoms with E-state index in [1.807, 2.05) is 11.3 Å². The van der Waals surface area contributed by atoms with Gasteiger partial charge in [-0.05, 0) is 67.5 Å². The third kappa shape index (κ3) is 2.67. The van der Waals surface area contributed by atoms with Gasteiger partial charge in [0.25, 0.3) is 0 Å². The van der Waals surface area contributed by atoms with Crippen LogP contribution in [0.4, 0.5) is 0 Å². The van der Waals surface area contributed by atoms with Crippen LogP contribution < -0.4 is 5.32 Å². The minimum atomic E-state index is 0.615. The Balaban J connectivity index is 1.36. The predicted molar refractivity (Wildman–Crippen MR) is 90.1 cm³/mol. The van der Waals surface area contributed by atoms with Gasteiger partial charge in [-0.3, -0.25) is 0 Å². The highest BCUT2D eigenvalue weighted by atomic mass is 32.1. The Morgan fingerprint density at radius 3 is 2.71 bits per heavy atom. The number of nitrogens with one attached hydrogen (secondary N) is 1. The first-order valence-electron chi connectivity index (χ1n) is 8.18. The van der Waals surface area contributed by atoms with E-state index in [1.165, 1.54) is 43.2 Å². The first-order valence-corrected chi connectivity index (χ1v) is 9.06. The van der Waals surface area contributed by atoms with Gasteiger partial charge in [0, 0.05) is 17.0 Å². The molecule has 1 atom stereocenters. The molecule has 2 aliphatic rings. The molecule has 2 aliphatic carbocycles. The second kappa shape index (κ2) is 5.58. The molecule has 0 aliphatic heterocycles. The van der Waals surface area contributed by atoms with E-state index in [9.17, 15) is 0 Å². The summed E-state index contributed by atoms with van der Waals surface area (Å²) in [6.07, 6.45) is 6.56. The highest BCUT2D eigenvalue weighted by molar-refractivity contribution is 7.10. The number of fused-ring (bicyclic) bond motifs is 1. The van der Waals surface area contributed by atoms with Gasteiger partial charge in [-0.2, -0.15) is 0 Å². The van der Waals surface area contributed by atoms with Crippen LogP contribution in [0.25, 0.3) is 0 Å². The number of rotatable bonds is 3. The fourth-order valence-electron chi connectivity index (χ4n) is 3.81. The molecule has 1 aromatic heterocycles. The molecule has 2 aromatic rings. The number of hydrogen-bond acceptors (Lipinski definition) is 2. The van der Waals surface area contributed by atoms with Crippen molar-refractivity contribution in [2.24, 2.45) is 0 Å². The smallest absolute Gasteiger partial charge is 0.0333 e. The Kier molecular flexibility index (Phi) is 3.60. The minimum Gasteiger partial charge on any atom is -0.307 e. The molecule has 0 saturated heterocycles. The Hall–Kier alpha value is -1.12. The molecule has 1 aromatic carbocycles. The maximum atomic E-state index is 3.92. The monoisotopic (exact) mass is 297 g/mol. The van der Waals surface area contributed by atoms with Crippen LogP contribution in [0.3, 0.4) is 0 Å². The normalized spacial score (nSPS) is 28.0. The molecular formula is C19H23NS. The average molecular weight is 297 g/mol. The number of thiophene rings is 1. The molecule has 0 spiro atoms. The third-order valence-electron chi connectivity index (χ3n) is 5.18. The topological polar surface area (TPSA) is 12.0 Å². The minimum absolute atomic E-state index is 0.615. The summed E-state index contributed by atoms with van der Waals surface area (Å²) in [6.45, 7) is 2.16. The van der Waals surface area contributed by atoms with E-state index >= 15 is 0 Å². The third-order valence-corrected chi connectivity index (χ3v) is 6.17. The first-order chi connectivity index (χ1) is 10.3. The van der Waals surface area contributed by atoms with Crippen LogP contribution in [0.5, 0.6) is 0 Å². The first kappa shape index (κ1) is 13.5. The van der Waals surface area contributed by atoms with E-state index in [1.54, 1.807) is 10.4 Å². The molecule has 1 fully saturated rings. The van der Waals surface area contributed by atoms with Crippen molar-refractivity contribution in [2.45, 2.75) is 57.0 Å². The summed E-state index contributed by atoms with van der Waals surface area (Å²) in [6, 6.07) is 12.8. The van der Waals surface area contributed by atoms with E-state index in [0.717, 1.165) is 5.92 Å². The zero-order valence-electron chi connectivity index (χ0n) is 12.6. The molecule has 1 nitrogen and oxygen atoms in total. The number of benzene rings is 1. The second-order valence-electron chi connectivity index (χ2n) is 6.69. The molecule has 1 heterocycles. The van der Waals surface area contributed by atoms with Crippen LogP contribution in [0.1, 0.15) is 59.2 Å². The molecule has 1 N–H and O–H groups in total. The van der Waals surface area contributed by atoms with E-state index in [0.29, 0.717) is 12.1 Å². The van der Waals surface area contributed by atoms with Crippen molar-refractivity contribution in [1.29, 1.82) is 0 Å². The zero-order chi connectivity index (χ0) is 14.2. The van der Waals surface area contributed by atoms with Crippen LogP contribution in [0.15, 0.2) is 35.7 Å². The Morgan fingerprint density at radius 2 is 1.90 bits per heavy atom. The van der Waals surface area contributed by atoms with Gasteiger partial charge < -0.3 is 5.32 Å². The molecule has 1 saturated carbocycles. The Morgan fingerprint density at radius 1 is 1.10 bits per heavy atom. The molecule has 21 heavy (non-hydrogen) atoms. The fraction of sp³-hybridized carbons (Fsp3) is 0.474. The molecule has 110 valence electrons. The molecule has 4 rings (SSSR count). The summed E-state index contributed by atoms with van der Waals surface area (Å²) in [5, 5.41) is 6.18. The highest BCUT2D eigenvalue weighted by Gasteiger charge is 2.33. The van der Waals surface area contributed by atoms with E-state index in [-0.39, 0.29) is 0 Å². The summed E-state index contributed by atoms with van der Waals surface area (Å²) < 4.78 is 0.